The molecule has 1 aliphatic carbocycles. The predicted octanol–water partition coefficient (Wildman–Crippen LogP) is 4.28. The lowest BCUT2D eigenvalue weighted by atomic mass is 9.99. The largest absolute Gasteiger partial charge is 0.416 e. The van der Waals surface area contributed by atoms with Crippen LogP contribution >= 0.6 is 0 Å². The van der Waals surface area contributed by atoms with Gasteiger partial charge < -0.3 is 15.2 Å². The number of hydrogen-bond donors (Lipinski definition) is 2. The second-order valence-corrected chi connectivity index (χ2v) is 6.27. The van der Waals surface area contributed by atoms with Gasteiger partial charge in [0.1, 0.15) is 0 Å². The normalized spacial score (nSPS) is 16.9. The number of alkyl halides is 3. The second kappa shape index (κ2) is 10.3. The summed E-state index contributed by atoms with van der Waals surface area (Å²) in [6.07, 6.45) is 1.42. The molecule has 2 N–H and O–H groups in total. The van der Waals surface area contributed by atoms with Crippen LogP contribution in [-0.2, 0) is 4.74 Å². The summed E-state index contributed by atoms with van der Waals surface area (Å²) < 4.78 is 43.8. The standard InChI is InChI=1S/C20H24F3NO3/c21-20(22,23)15-6-5-7-16(14-15)24-18-9-2-1-8-17(18)19(26)10-3-4-12-27-13-11-25/h1-2,5-6,8-9,14,16,24-25H,3-4,7,10-13H2. The minimum atomic E-state index is -4.38. The minimum absolute atomic E-state index is 0.0289. The summed E-state index contributed by atoms with van der Waals surface area (Å²) in [5.41, 5.74) is 0.334. The van der Waals surface area contributed by atoms with Crippen LogP contribution in [0.25, 0.3) is 0 Å². The van der Waals surface area contributed by atoms with E-state index in [2.05, 4.69) is 5.32 Å². The van der Waals surface area contributed by atoms with E-state index in [1.807, 2.05) is 0 Å². The van der Waals surface area contributed by atoms with Crippen LogP contribution in [0.2, 0.25) is 0 Å². The number of carbonyl (C=O) groups excluding carboxylic acids is 1. The Morgan fingerprint density at radius 3 is 2.74 bits per heavy atom. The first-order valence-corrected chi connectivity index (χ1v) is 8.94. The first kappa shape index (κ1) is 21.2. The molecule has 0 heterocycles. The molecule has 4 nitrogen and oxygen atoms in total. The number of para-hydroxylation sites is 1. The van der Waals surface area contributed by atoms with Crippen LogP contribution in [0, 0.1) is 0 Å². The van der Waals surface area contributed by atoms with E-state index in [1.165, 1.54) is 6.08 Å². The second-order valence-electron chi connectivity index (χ2n) is 6.27. The van der Waals surface area contributed by atoms with Crippen LogP contribution in [0.15, 0.2) is 48.1 Å². The molecule has 0 aliphatic heterocycles. The third kappa shape index (κ3) is 6.84. The van der Waals surface area contributed by atoms with Crippen LogP contribution in [0.1, 0.15) is 36.0 Å². The molecule has 148 valence electrons. The van der Waals surface area contributed by atoms with E-state index in [-0.39, 0.29) is 19.0 Å². The highest BCUT2D eigenvalue weighted by Crippen LogP contribution is 2.30. The maximum Gasteiger partial charge on any atom is 0.416 e. The molecule has 1 aromatic rings. The van der Waals surface area contributed by atoms with E-state index in [1.54, 1.807) is 24.3 Å². The Bertz CT molecular complexity index is 683. The van der Waals surface area contributed by atoms with E-state index in [0.29, 0.717) is 43.5 Å². The Balaban J connectivity index is 1.96. The zero-order chi connectivity index (χ0) is 19.7. The maximum atomic E-state index is 12.9. The van der Waals surface area contributed by atoms with Crippen molar-refractivity contribution in [3.63, 3.8) is 0 Å². The average molecular weight is 383 g/mol. The fraction of sp³-hybridized carbons (Fsp3) is 0.450. The molecule has 1 unspecified atom stereocenters. The van der Waals surface area contributed by atoms with Gasteiger partial charge in [0.05, 0.1) is 18.8 Å². The van der Waals surface area contributed by atoms with Crippen molar-refractivity contribution in [1.82, 2.24) is 0 Å². The number of ketones is 1. The summed E-state index contributed by atoms with van der Waals surface area (Å²) in [6.45, 7) is 0.732. The van der Waals surface area contributed by atoms with E-state index in [0.717, 1.165) is 12.2 Å². The molecule has 1 aliphatic rings. The first-order chi connectivity index (χ1) is 12.9. The number of halogens is 3. The van der Waals surface area contributed by atoms with E-state index >= 15 is 0 Å². The summed E-state index contributed by atoms with van der Waals surface area (Å²) in [5, 5.41) is 11.7. The Morgan fingerprint density at radius 2 is 2.00 bits per heavy atom. The molecule has 0 amide bonds. The van der Waals surface area contributed by atoms with Crippen molar-refractivity contribution in [3.8, 4) is 0 Å². The number of aliphatic hydroxyl groups excluding tert-OH is 1. The average Bonchev–Trinajstić information content (AvgIpc) is 2.64. The van der Waals surface area contributed by atoms with E-state index < -0.39 is 17.8 Å². The lowest BCUT2D eigenvalue weighted by Gasteiger charge is -2.22. The molecule has 0 saturated carbocycles. The zero-order valence-corrected chi connectivity index (χ0v) is 15.0. The molecule has 1 atom stereocenters. The number of nitrogens with one attached hydrogen (secondary N) is 1. The topological polar surface area (TPSA) is 58.6 Å². The summed E-state index contributed by atoms with van der Waals surface area (Å²) >= 11 is 0. The fourth-order valence-corrected chi connectivity index (χ4v) is 2.81. The summed E-state index contributed by atoms with van der Waals surface area (Å²) in [6, 6.07) is 6.35. The predicted molar refractivity (Wildman–Crippen MR) is 97.8 cm³/mol. The molecule has 2 rings (SSSR count). The van der Waals surface area contributed by atoms with Crippen LogP contribution in [-0.4, -0.2) is 42.9 Å². The maximum absolute atomic E-state index is 12.9. The lowest BCUT2D eigenvalue weighted by Crippen LogP contribution is -2.23. The summed E-state index contributed by atoms with van der Waals surface area (Å²) in [7, 11) is 0. The third-order valence-corrected chi connectivity index (χ3v) is 4.14. The van der Waals surface area contributed by atoms with Crippen molar-refractivity contribution in [2.24, 2.45) is 0 Å². The van der Waals surface area contributed by atoms with Crippen molar-refractivity contribution in [1.29, 1.82) is 0 Å². The number of unbranched alkanes of at least 4 members (excludes halogenated alkanes) is 1. The fourth-order valence-electron chi connectivity index (χ4n) is 2.81. The van der Waals surface area contributed by atoms with Gasteiger partial charge in [0, 0.05) is 30.3 Å². The van der Waals surface area contributed by atoms with Gasteiger partial charge in [-0.05, 0) is 37.5 Å². The van der Waals surface area contributed by atoms with Crippen LogP contribution in [0.3, 0.4) is 0 Å². The number of carbonyl (C=O) groups is 1. The highest BCUT2D eigenvalue weighted by molar-refractivity contribution is 6.01. The molecule has 0 radical (unpaired) electrons. The third-order valence-electron chi connectivity index (χ3n) is 4.14. The molecular formula is C20H24F3NO3. The number of ether oxygens (including phenoxy) is 1. The van der Waals surface area contributed by atoms with Gasteiger partial charge >= 0.3 is 6.18 Å². The minimum Gasteiger partial charge on any atom is -0.394 e. The number of hydrogen-bond acceptors (Lipinski definition) is 4. The van der Waals surface area contributed by atoms with Gasteiger partial charge in [-0.25, -0.2) is 0 Å². The van der Waals surface area contributed by atoms with Crippen molar-refractivity contribution in [2.45, 2.75) is 37.9 Å². The van der Waals surface area contributed by atoms with Gasteiger partial charge in [0.2, 0.25) is 0 Å². The Hall–Kier alpha value is -2.12. The quantitative estimate of drug-likeness (QED) is 0.468. The Labute approximate surface area is 156 Å². The zero-order valence-electron chi connectivity index (χ0n) is 15.0. The SMILES string of the molecule is O=C(CCCCOCCO)c1ccccc1NC1C=C(C(F)(F)F)C=CC1. The monoisotopic (exact) mass is 383 g/mol. The summed E-state index contributed by atoms with van der Waals surface area (Å²) in [5.74, 6) is -0.0633. The summed E-state index contributed by atoms with van der Waals surface area (Å²) in [4.78, 5) is 12.5. The highest BCUT2D eigenvalue weighted by Gasteiger charge is 2.33. The molecule has 27 heavy (non-hydrogen) atoms. The number of allylic oxidation sites excluding steroid dienone is 2. The van der Waals surface area contributed by atoms with Gasteiger partial charge in [-0.15, -0.1) is 0 Å². The van der Waals surface area contributed by atoms with Crippen molar-refractivity contribution >= 4 is 11.5 Å². The van der Waals surface area contributed by atoms with Crippen LogP contribution in [0.5, 0.6) is 0 Å². The number of anilines is 1. The van der Waals surface area contributed by atoms with Gasteiger partial charge in [-0.3, -0.25) is 4.79 Å². The van der Waals surface area contributed by atoms with Crippen molar-refractivity contribution in [3.05, 3.63) is 53.6 Å². The number of Topliss-reactive ketones (excluding diaryl/α,β-unsaturated/α-hetero) is 1. The molecule has 0 fully saturated rings. The number of aliphatic hydroxyl groups is 1. The number of benzene rings is 1. The van der Waals surface area contributed by atoms with E-state index in [4.69, 9.17) is 9.84 Å². The van der Waals surface area contributed by atoms with Crippen LogP contribution < -0.4 is 5.32 Å². The van der Waals surface area contributed by atoms with Crippen molar-refractivity contribution < 1.29 is 27.8 Å². The van der Waals surface area contributed by atoms with Crippen molar-refractivity contribution in [2.75, 3.05) is 25.1 Å². The molecule has 7 heteroatoms. The van der Waals surface area contributed by atoms with Gasteiger partial charge in [-0.1, -0.05) is 24.3 Å². The molecular weight excluding hydrogens is 359 g/mol. The number of rotatable bonds is 10. The van der Waals surface area contributed by atoms with E-state index in [9.17, 15) is 18.0 Å². The molecule has 0 spiro atoms. The smallest absolute Gasteiger partial charge is 0.394 e. The Kier molecular flexibility index (Phi) is 8.06. The van der Waals surface area contributed by atoms with Gasteiger partial charge in [0.15, 0.2) is 5.78 Å². The molecule has 1 aromatic carbocycles. The van der Waals surface area contributed by atoms with Gasteiger partial charge in [-0.2, -0.15) is 13.2 Å². The lowest BCUT2D eigenvalue weighted by molar-refractivity contribution is -0.0886. The molecule has 0 bridgehead atoms. The highest BCUT2D eigenvalue weighted by atomic mass is 19.4. The molecule has 0 aromatic heterocycles. The van der Waals surface area contributed by atoms with Crippen LogP contribution in [0.4, 0.5) is 18.9 Å². The van der Waals surface area contributed by atoms with Gasteiger partial charge in [0.25, 0.3) is 0 Å². The first-order valence-electron chi connectivity index (χ1n) is 8.94. The Morgan fingerprint density at radius 1 is 1.22 bits per heavy atom. The molecule has 0 saturated heterocycles.